The predicted molar refractivity (Wildman–Crippen MR) is 72.5 cm³/mol. The molecule has 6 heteroatoms. The van der Waals surface area contributed by atoms with Crippen molar-refractivity contribution in [1.29, 1.82) is 0 Å². The van der Waals surface area contributed by atoms with Gasteiger partial charge < -0.3 is 24.6 Å². The Balaban J connectivity index is 0.000000316. The lowest BCUT2D eigenvalue weighted by molar-refractivity contribution is -0.0979. The standard InChI is InChI=1S/C6H7BO3.C6H6O.CH2O/c8-7(9)10-6-4-2-1-3-5-6;7-6-4-2-1-3-5-6;1-2/h1-5,8-9H;1-5,7H;1H2. The first kappa shape index (κ1) is 16.7. The lowest BCUT2D eigenvalue weighted by Gasteiger charge is -2.01. The smallest absolute Gasteiger partial charge is 0.512 e. The zero-order valence-electron chi connectivity index (χ0n) is 10.2. The molecule has 2 rings (SSSR count). The van der Waals surface area contributed by atoms with Crippen LogP contribution in [0.3, 0.4) is 0 Å². The fourth-order valence-electron chi connectivity index (χ4n) is 1.05. The van der Waals surface area contributed by atoms with Crippen molar-refractivity contribution >= 4 is 14.1 Å². The molecule has 0 radical (unpaired) electrons. The summed E-state index contributed by atoms with van der Waals surface area (Å²) in [4.78, 5) is 8.00. The summed E-state index contributed by atoms with van der Waals surface area (Å²) in [6.07, 6.45) is 0. The van der Waals surface area contributed by atoms with Gasteiger partial charge in [0.05, 0.1) is 0 Å². The average Bonchev–Trinajstić information content (AvgIpc) is 2.43. The Bertz CT molecular complexity index is 422. The Morgan fingerprint density at radius 1 is 0.842 bits per heavy atom. The summed E-state index contributed by atoms with van der Waals surface area (Å²) in [7, 11) is -1.73. The minimum atomic E-state index is -1.73. The molecule has 0 aromatic heterocycles. The van der Waals surface area contributed by atoms with Crippen molar-refractivity contribution in [2.75, 3.05) is 0 Å². The normalized spacial score (nSPS) is 8.11. The van der Waals surface area contributed by atoms with Gasteiger partial charge in [0, 0.05) is 0 Å². The van der Waals surface area contributed by atoms with E-state index in [0.29, 0.717) is 11.5 Å². The van der Waals surface area contributed by atoms with Crippen molar-refractivity contribution < 1.29 is 24.6 Å². The van der Waals surface area contributed by atoms with Crippen LogP contribution in [0, 0.1) is 0 Å². The quantitative estimate of drug-likeness (QED) is 0.709. The van der Waals surface area contributed by atoms with E-state index in [9.17, 15) is 0 Å². The highest BCUT2D eigenvalue weighted by Gasteiger charge is 2.09. The van der Waals surface area contributed by atoms with Gasteiger partial charge in [-0.3, -0.25) is 0 Å². The van der Waals surface area contributed by atoms with Crippen LogP contribution in [-0.2, 0) is 4.79 Å². The molecule has 19 heavy (non-hydrogen) atoms. The molecule has 0 fully saturated rings. The molecular formula is C13H15BO5. The monoisotopic (exact) mass is 262 g/mol. The van der Waals surface area contributed by atoms with E-state index in [1.165, 1.54) is 0 Å². The van der Waals surface area contributed by atoms with E-state index in [4.69, 9.17) is 19.9 Å². The molecule has 3 N–H and O–H groups in total. The summed E-state index contributed by atoms with van der Waals surface area (Å²) < 4.78 is 4.53. The highest BCUT2D eigenvalue weighted by atomic mass is 16.6. The van der Waals surface area contributed by atoms with E-state index < -0.39 is 7.32 Å². The van der Waals surface area contributed by atoms with Crippen molar-refractivity contribution in [2.45, 2.75) is 0 Å². The summed E-state index contributed by atoms with van der Waals surface area (Å²) in [5.74, 6) is 0.764. The van der Waals surface area contributed by atoms with Gasteiger partial charge in [-0.05, 0) is 24.3 Å². The molecule has 0 amide bonds. The lowest BCUT2D eigenvalue weighted by Crippen LogP contribution is -2.20. The zero-order chi connectivity index (χ0) is 14.5. The summed E-state index contributed by atoms with van der Waals surface area (Å²) in [5, 5.41) is 25.3. The van der Waals surface area contributed by atoms with Gasteiger partial charge in [-0.25, -0.2) is 0 Å². The van der Waals surface area contributed by atoms with Gasteiger partial charge in [0.2, 0.25) is 0 Å². The molecule has 2 aromatic carbocycles. The van der Waals surface area contributed by atoms with Crippen molar-refractivity contribution in [2.24, 2.45) is 0 Å². The number of rotatable bonds is 2. The van der Waals surface area contributed by atoms with Crippen LogP contribution in [0.25, 0.3) is 0 Å². The van der Waals surface area contributed by atoms with Gasteiger partial charge in [0.15, 0.2) is 0 Å². The number of hydrogen-bond donors (Lipinski definition) is 3. The molecule has 5 nitrogen and oxygen atoms in total. The maximum Gasteiger partial charge on any atom is 0.707 e. The SMILES string of the molecule is C=O.OB(O)Oc1ccccc1.Oc1ccccc1. The van der Waals surface area contributed by atoms with Crippen molar-refractivity contribution in [3.8, 4) is 11.5 Å². The van der Waals surface area contributed by atoms with Gasteiger partial charge in [-0.1, -0.05) is 36.4 Å². The van der Waals surface area contributed by atoms with E-state index in [2.05, 4.69) is 4.65 Å². The zero-order valence-corrected chi connectivity index (χ0v) is 10.2. The molecule has 0 atom stereocenters. The molecule has 0 heterocycles. The number of carbonyl (C=O) groups is 1. The molecule has 0 aliphatic heterocycles. The molecule has 0 unspecified atom stereocenters. The largest absolute Gasteiger partial charge is 0.707 e. The maximum absolute atomic E-state index is 8.63. The van der Waals surface area contributed by atoms with Crippen LogP contribution in [0.1, 0.15) is 0 Å². The molecule has 0 aliphatic rings. The van der Waals surface area contributed by atoms with Crippen LogP contribution >= 0.6 is 0 Å². The number of aromatic hydroxyl groups is 1. The highest BCUT2D eigenvalue weighted by molar-refractivity contribution is 6.33. The van der Waals surface area contributed by atoms with Gasteiger partial charge in [0.25, 0.3) is 0 Å². The topological polar surface area (TPSA) is 87.0 Å². The highest BCUT2D eigenvalue weighted by Crippen LogP contribution is 2.07. The van der Waals surface area contributed by atoms with Gasteiger partial charge in [0.1, 0.15) is 18.3 Å². The summed E-state index contributed by atoms with van der Waals surface area (Å²) in [5.41, 5.74) is 0. The molecule has 0 saturated carbocycles. The second-order valence-electron chi connectivity index (χ2n) is 3.09. The second kappa shape index (κ2) is 10.8. The van der Waals surface area contributed by atoms with Crippen LogP contribution in [0.15, 0.2) is 60.7 Å². The number of hydrogen-bond acceptors (Lipinski definition) is 5. The third kappa shape index (κ3) is 9.40. The van der Waals surface area contributed by atoms with Crippen molar-refractivity contribution in [1.82, 2.24) is 0 Å². The Labute approximate surface area is 111 Å². The van der Waals surface area contributed by atoms with Crippen LogP contribution in [-0.4, -0.2) is 29.3 Å². The van der Waals surface area contributed by atoms with E-state index in [1.54, 1.807) is 48.5 Å². The van der Waals surface area contributed by atoms with E-state index >= 15 is 0 Å². The molecule has 0 bridgehead atoms. The first-order valence-electron chi connectivity index (χ1n) is 5.29. The maximum atomic E-state index is 8.63. The Hall–Kier alpha value is -2.31. The fourth-order valence-corrected chi connectivity index (χ4v) is 1.05. The number of benzene rings is 2. The molecule has 0 aliphatic carbocycles. The van der Waals surface area contributed by atoms with E-state index in [0.717, 1.165) is 0 Å². The van der Waals surface area contributed by atoms with Crippen LogP contribution in [0.2, 0.25) is 0 Å². The second-order valence-corrected chi connectivity index (χ2v) is 3.09. The van der Waals surface area contributed by atoms with Gasteiger partial charge in [-0.2, -0.15) is 0 Å². The van der Waals surface area contributed by atoms with E-state index in [-0.39, 0.29) is 0 Å². The average molecular weight is 262 g/mol. The summed E-state index contributed by atoms with van der Waals surface area (Å²) >= 11 is 0. The first-order valence-corrected chi connectivity index (χ1v) is 5.29. The van der Waals surface area contributed by atoms with E-state index in [1.807, 2.05) is 18.9 Å². The third-order valence-electron chi connectivity index (χ3n) is 1.74. The molecule has 0 spiro atoms. The number of carbonyl (C=O) groups excluding carboxylic acids is 1. The van der Waals surface area contributed by atoms with Crippen LogP contribution < -0.4 is 4.65 Å². The lowest BCUT2D eigenvalue weighted by atomic mass is 10.2. The Morgan fingerprint density at radius 3 is 1.58 bits per heavy atom. The minimum Gasteiger partial charge on any atom is -0.512 e. The fraction of sp³-hybridized carbons (Fsp3) is 0. The molecule has 0 saturated heterocycles. The summed E-state index contributed by atoms with van der Waals surface area (Å²) in [6.45, 7) is 2.00. The summed E-state index contributed by atoms with van der Waals surface area (Å²) in [6, 6.07) is 17.3. The van der Waals surface area contributed by atoms with Gasteiger partial charge in [-0.15, -0.1) is 0 Å². The predicted octanol–water partition coefficient (Wildman–Crippen LogP) is 1.24. The van der Waals surface area contributed by atoms with Crippen LogP contribution in [0.4, 0.5) is 0 Å². The van der Waals surface area contributed by atoms with Crippen molar-refractivity contribution in [3.63, 3.8) is 0 Å². The van der Waals surface area contributed by atoms with Gasteiger partial charge >= 0.3 is 7.32 Å². The third-order valence-corrected chi connectivity index (χ3v) is 1.74. The molecule has 100 valence electrons. The molecular weight excluding hydrogens is 247 g/mol. The number of para-hydroxylation sites is 2. The number of phenolic OH excluding ortho intramolecular Hbond substituents is 1. The first-order chi connectivity index (χ1) is 9.18. The Morgan fingerprint density at radius 2 is 1.26 bits per heavy atom. The van der Waals surface area contributed by atoms with Crippen molar-refractivity contribution in [3.05, 3.63) is 60.7 Å². The Kier molecular flexibility index (Phi) is 9.51. The minimum absolute atomic E-state index is 0.322. The van der Waals surface area contributed by atoms with Crippen LogP contribution in [0.5, 0.6) is 11.5 Å². The molecule has 2 aromatic rings. The number of phenols is 1.